The molecule has 0 aliphatic rings. The van der Waals surface area contributed by atoms with Crippen LogP contribution in [-0.4, -0.2) is 53.6 Å². The molecule has 0 amide bonds. The molecule has 11 nitrogen and oxygen atoms in total. The molecule has 0 atom stereocenters. The molecule has 0 bridgehead atoms. The van der Waals surface area contributed by atoms with Crippen molar-refractivity contribution < 1.29 is 0 Å². The molecule has 0 N–H and O–H groups in total. The van der Waals surface area contributed by atoms with E-state index in [0.717, 1.165) is 45.1 Å². The molecule has 51 heavy (non-hydrogen) atoms. The molecular weight excluding hydrogens is 635 g/mol. The van der Waals surface area contributed by atoms with E-state index in [4.69, 9.17) is 24.9 Å². The number of hydrogen-bond acceptors (Lipinski definition) is 8. The van der Waals surface area contributed by atoms with Gasteiger partial charge in [0.1, 0.15) is 17.5 Å². The molecule has 0 aliphatic carbocycles. The molecule has 0 radical (unpaired) electrons. The fourth-order valence-corrected chi connectivity index (χ4v) is 6.61. The first-order valence-electron chi connectivity index (χ1n) is 16.3. The molecule has 0 fully saturated rings. The zero-order valence-electron chi connectivity index (χ0n) is 26.9. The van der Waals surface area contributed by atoms with E-state index in [1.54, 1.807) is 31.0 Å². The Hall–Kier alpha value is -7.40. The van der Waals surface area contributed by atoms with Gasteiger partial charge in [0.25, 0.3) is 0 Å². The third-order valence-electron chi connectivity index (χ3n) is 8.77. The molecule has 0 unspecified atom stereocenters. The molecule has 6 aromatic heterocycles. The molecular formula is C40H25N11. The Bertz CT molecular complexity index is 2530. The van der Waals surface area contributed by atoms with Gasteiger partial charge >= 0.3 is 0 Å². The maximum absolute atomic E-state index is 5.12. The van der Waals surface area contributed by atoms with Gasteiger partial charge in [-0.2, -0.15) is 0 Å². The van der Waals surface area contributed by atoms with E-state index in [1.165, 1.54) is 0 Å². The number of hydrogen-bond donors (Lipinski definition) is 0. The van der Waals surface area contributed by atoms with Crippen LogP contribution < -0.4 is 0 Å². The highest BCUT2D eigenvalue weighted by molar-refractivity contribution is 5.87. The predicted molar refractivity (Wildman–Crippen MR) is 196 cm³/mol. The van der Waals surface area contributed by atoms with Gasteiger partial charge in [-0.05, 0) is 66.7 Å². The van der Waals surface area contributed by atoms with Crippen molar-refractivity contribution in [3.63, 3.8) is 0 Å². The lowest BCUT2D eigenvalue weighted by molar-refractivity contribution is 1.07. The molecule has 10 aromatic rings. The van der Waals surface area contributed by atoms with Gasteiger partial charge in [-0.25, -0.2) is 39.9 Å². The summed E-state index contributed by atoms with van der Waals surface area (Å²) in [5, 5.41) is 0. The lowest BCUT2D eigenvalue weighted by atomic mass is 10.0. The Labute approximate surface area is 290 Å². The van der Waals surface area contributed by atoms with E-state index >= 15 is 0 Å². The zero-order valence-corrected chi connectivity index (χ0v) is 26.9. The first-order valence-corrected chi connectivity index (χ1v) is 16.3. The van der Waals surface area contributed by atoms with Crippen molar-refractivity contribution in [1.82, 2.24) is 53.6 Å². The topological polar surface area (TPSA) is 118 Å². The van der Waals surface area contributed by atoms with Crippen molar-refractivity contribution in [2.24, 2.45) is 0 Å². The fourth-order valence-electron chi connectivity index (χ4n) is 6.61. The van der Waals surface area contributed by atoms with Crippen molar-refractivity contribution in [1.29, 1.82) is 0 Å². The Morgan fingerprint density at radius 3 is 1.22 bits per heavy atom. The molecule has 6 heterocycles. The van der Waals surface area contributed by atoms with E-state index in [2.05, 4.69) is 49.9 Å². The van der Waals surface area contributed by atoms with Crippen LogP contribution in [0.25, 0.3) is 85.0 Å². The molecule has 0 spiro atoms. The van der Waals surface area contributed by atoms with Gasteiger partial charge in [0, 0.05) is 64.7 Å². The molecule has 240 valence electrons. The zero-order chi connectivity index (χ0) is 33.7. The van der Waals surface area contributed by atoms with Gasteiger partial charge in [-0.3, -0.25) is 13.7 Å². The SMILES string of the molecule is c1ccc(-n2c(-c3cc(-c4nc5nccnc5n4-c4ccccc4)cc(-c4nc5nccnc5n4-c4ccccc4)c3)nc3ncccc32)cc1. The van der Waals surface area contributed by atoms with Crippen LogP contribution in [0.3, 0.4) is 0 Å². The van der Waals surface area contributed by atoms with Crippen LogP contribution in [0.2, 0.25) is 0 Å². The fraction of sp³-hybridized carbons (Fsp3) is 0. The van der Waals surface area contributed by atoms with Crippen molar-refractivity contribution >= 4 is 33.8 Å². The lowest BCUT2D eigenvalue weighted by Crippen LogP contribution is -2.02. The quantitative estimate of drug-likeness (QED) is 0.178. The summed E-state index contributed by atoms with van der Waals surface area (Å²) in [7, 11) is 0. The second-order valence-electron chi connectivity index (χ2n) is 11.9. The second-order valence-corrected chi connectivity index (χ2v) is 11.9. The number of benzene rings is 4. The largest absolute Gasteiger partial charge is 0.291 e. The number of aromatic nitrogens is 11. The number of imidazole rings is 3. The van der Waals surface area contributed by atoms with Crippen LogP contribution in [0.5, 0.6) is 0 Å². The summed E-state index contributed by atoms with van der Waals surface area (Å²) in [4.78, 5) is 38.5. The average molecular weight is 660 g/mol. The number of fused-ring (bicyclic) bond motifs is 3. The maximum atomic E-state index is 5.12. The van der Waals surface area contributed by atoms with Gasteiger partial charge in [-0.1, -0.05) is 54.6 Å². The van der Waals surface area contributed by atoms with E-state index < -0.39 is 0 Å². The second kappa shape index (κ2) is 11.6. The van der Waals surface area contributed by atoms with Crippen LogP contribution in [-0.2, 0) is 0 Å². The first-order chi connectivity index (χ1) is 25.3. The Morgan fingerprint density at radius 1 is 0.333 bits per heavy atom. The van der Waals surface area contributed by atoms with Crippen molar-refractivity contribution in [2.45, 2.75) is 0 Å². The summed E-state index contributed by atoms with van der Waals surface area (Å²) in [6, 6.07) is 40.6. The summed E-state index contributed by atoms with van der Waals surface area (Å²) in [5.41, 5.74) is 9.15. The number of para-hydroxylation sites is 3. The van der Waals surface area contributed by atoms with Crippen molar-refractivity contribution in [3.05, 3.63) is 152 Å². The monoisotopic (exact) mass is 659 g/mol. The van der Waals surface area contributed by atoms with E-state index in [-0.39, 0.29) is 0 Å². The third-order valence-corrected chi connectivity index (χ3v) is 8.77. The summed E-state index contributed by atoms with van der Waals surface area (Å²) in [5.74, 6) is 2.06. The Balaban J connectivity index is 1.31. The van der Waals surface area contributed by atoms with Gasteiger partial charge in [-0.15, -0.1) is 0 Å². The molecule has 0 aliphatic heterocycles. The van der Waals surface area contributed by atoms with E-state index in [1.807, 2.05) is 100 Å². The minimum absolute atomic E-state index is 0.536. The number of pyridine rings is 1. The van der Waals surface area contributed by atoms with Crippen molar-refractivity contribution in [3.8, 4) is 51.2 Å². The normalized spacial score (nSPS) is 11.5. The Morgan fingerprint density at radius 2 is 0.725 bits per heavy atom. The van der Waals surface area contributed by atoms with Gasteiger partial charge in [0.15, 0.2) is 28.2 Å². The van der Waals surface area contributed by atoms with Crippen LogP contribution in [0.4, 0.5) is 0 Å². The summed E-state index contributed by atoms with van der Waals surface area (Å²) in [6.45, 7) is 0. The lowest BCUT2D eigenvalue weighted by Gasteiger charge is -2.15. The highest BCUT2D eigenvalue weighted by Crippen LogP contribution is 2.37. The first kappa shape index (κ1) is 28.6. The minimum atomic E-state index is 0.536. The smallest absolute Gasteiger partial charge is 0.198 e. The van der Waals surface area contributed by atoms with E-state index in [9.17, 15) is 0 Å². The highest BCUT2D eigenvalue weighted by Gasteiger charge is 2.23. The maximum Gasteiger partial charge on any atom is 0.198 e. The summed E-state index contributed by atoms with van der Waals surface area (Å²) in [6.07, 6.45) is 8.46. The predicted octanol–water partition coefficient (Wildman–Crippen LogP) is 7.68. The van der Waals surface area contributed by atoms with Gasteiger partial charge in [0.05, 0.1) is 5.52 Å². The standard InChI is InChI=1S/C40H25N11/c1-4-11-29(12-5-1)49-32-17-10-18-41-33(32)46-36(49)26-23-27(37-47-34-39(44-21-19-42-34)50(37)30-13-6-2-7-14-30)25-28(24-26)38-48-35-40(45-22-20-43-35)51(38)31-15-8-3-9-16-31/h1-25H. The van der Waals surface area contributed by atoms with Gasteiger partial charge < -0.3 is 0 Å². The average Bonchev–Trinajstić information content (AvgIpc) is 3.91. The van der Waals surface area contributed by atoms with Crippen LogP contribution in [0.15, 0.2) is 152 Å². The summed E-state index contributed by atoms with van der Waals surface area (Å²) < 4.78 is 6.21. The third kappa shape index (κ3) is 4.75. The molecule has 0 saturated carbocycles. The Kier molecular flexibility index (Phi) is 6.52. The van der Waals surface area contributed by atoms with Crippen molar-refractivity contribution in [2.75, 3.05) is 0 Å². The molecule has 10 rings (SSSR count). The van der Waals surface area contributed by atoms with Gasteiger partial charge in [0.2, 0.25) is 0 Å². The minimum Gasteiger partial charge on any atom is -0.291 e. The summed E-state index contributed by atoms with van der Waals surface area (Å²) >= 11 is 0. The molecule has 0 saturated heterocycles. The molecule has 11 heteroatoms. The number of nitrogens with zero attached hydrogens (tertiary/aromatic N) is 11. The van der Waals surface area contributed by atoms with Crippen LogP contribution in [0, 0.1) is 0 Å². The molecule has 4 aromatic carbocycles. The van der Waals surface area contributed by atoms with Crippen LogP contribution >= 0.6 is 0 Å². The van der Waals surface area contributed by atoms with E-state index in [0.29, 0.717) is 39.9 Å². The highest BCUT2D eigenvalue weighted by atomic mass is 15.2. The number of rotatable bonds is 6. The van der Waals surface area contributed by atoms with Crippen LogP contribution in [0.1, 0.15) is 0 Å².